The molecular weight excluding hydrogens is 182 g/mol. The highest BCUT2D eigenvalue weighted by Crippen LogP contribution is 1.89. The Balaban J connectivity index is 3.44. The summed E-state index contributed by atoms with van der Waals surface area (Å²) in [5, 5.41) is 0. The molecule has 0 N–H and O–H groups in total. The number of likely N-dealkylation sites (N-methyl/N-ethyl adjacent to an activating group) is 1. The molecule has 0 aliphatic heterocycles. The van der Waals surface area contributed by atoms with Gasteiger partial charge in [-0.3, -0.25) is 0 Å². The van der Waals surface area contributed by atoms with E-state index in [0.717, 1.165) is 19.6 Å². The maximum atomic E-state index is 10.8. The van der Waals surface area contributed by atoms with E-state index in [4.69, 9.17) is 11.2 Å². The summed E-state index contributed by atoms with van der Waals surface area (Å²) in [6.45, 7) is 7.02. The molecule has 0 atom stereocenters. The molecule has 0 bridgehead atoms. The van der Waals surface area contributed by atoms with Gasteiger partial charge in [-0.2, -0.15) is 0 Å². The molecule has 0 fully saturated rings. The number of ether oxygens (including phenoxy) is 2. The Hall–Kier alpha value is -1.21. The predicted molar refractivity (Wildman–Crippen MR) is 53.9 cm³/mol. The van der Waals surface area contributed by atoms with Crippen LogP contribution in [-0.4, -0.2) is 43.9 Å². The first kappa shape index (κ1) is 12.8. The number of carbonyl (C=O) groups is 1. The lowest BCUT2D eigenvalue weighted by Gasteiger charge is -2.17. The third-order valence-corrected chi connectivity index (χ3v) is 1.80. The maximum absolute atomic E-state index is 10.8. The molecule has 0 rings (SSSR count). The van der Waals surface area contributed by atoms with Crippen LogP contribution in [0, 0.1) is 12.3 Å². The molecule has 0 saturated carbocycles. The van der Waals surface area contributed by atoms with E-state index in [0.29, 0.717) is 6.61 Å². The van der Waals surface area contributed by atoms with Crippen molar-refractivity contribution in [3.63, 3.8) is 0 Å². The molecule has 0 aromatic carbocycles. The lowest BCUT2D eigenvalue weighted by Crippen LogP contribution is -2.28. The van der Waals surface area contributed by atoms with E-state index < -0.39 is 6.16 Å². The van der Waals surface area contributed by atoms with Crippen LogP contribution in [0.5, 0.6) is 0 Å². The first-order valence-corrected chi connectivity index (χ1v) is 4.69. The van der Waals surface area contributed by atoms with Crippen molar-refractivity contribution in [2.45, 2.75) is 13.8 Å². The van der Waals surface area contributed by atoms with Gasteiger partial charge in [0.25, 0.3) is 0 Å². The molecular formula is C10H17NO3. The highest BCUT2D eigenvalue weighted by Gasteiger charge is 2.04. The molecule has 0 unspecified atom stereocenters. The summed E-state index contributed by atoms with van der Waals surface area (Å²) < 4.78 is 9.30. The van der Waals surface area contributed by atoms with Crippen molar-refractivity contribution in [2.24, 2.45) is 0 Å². The van der Waals surface area contributed by atoms with Gasteiger partial charge in [-0.05, 0) is 13.1 Å². The fraction of sp³-hybridized carbons (Fsp3) is 0.700. The summed E-state index contributed by atoms with van der Waals surface area (Å²) in [4.78, 5) is 12.9. The molecule has 4 heteroatoms. The van der Waals surface area contributed by atoms with Gasteiger partial charge in [0.05, 0.1) is 0 Å². The summed E-state index contributed by atoms with van der Waals surface area (Å²) in [5.41, 5.74) is 0. The second kappa shape index (κ2) is 8.39. The summed E-state index contributed by atoms with van der Waals surface area (Å²) in [5.74, 6) is 2.19. The number of nitrogens with zero attached hydrogens (tertiary/aromatic N) is 1. The monoisotopic (exact) mass is 199 g/mol. The average molecular weight is 199 g/mol. The van der Waals surface area contributed by atoms with Crippen LogP contribution in [-0.2, 0) is 9.47 Å². The van der Waals surface area contributed by atoms with E-state index in [1.54, 1.807) is 0 Å². The zero-order valence-corrected chi connectivity index (χ0v) is 8.78. The molecule has 80 valence electrons. The van der Waals surface area contributed by atoms with Crippen LogP contribution in [0.1, 0.15) is 13.8 Å². The first-order chi connectivity index (χ1) is 6.74. The lowest BCUT2D eigenvalue weighted by molar-refractivity contribution is 0.0572. The fourth-order valence-corrected chi connectivity index (χ4v) is 0.940. The molecule has 0 spiro atoms. The van der Waals surface area contributed by atoms with Crippen molar-refractivity contribution in [3.8, 4) is 12.3 Å². The topological polar surface area (TPSA) is 38.8 Å². The number of rotatable bonds is 6. The van der Waals surface area contributed by atoms with E-state index in [9.17, 15) is 4.79 Å². The Morgan fingerprint density at radius 3 is 2.50 bits per heavy atom. The van der Waals surface area contributed by atoms with Crippen LogP contribution in [0.3, 0.4) is 0 Å². The van der Waals surface area contributed by atoms with Crippen molar-refractivity contribution >= 4 is 6.16 Å². The summed E-state index contributed by atoms with van der Waals surface area (Å²) >= 11 is 0. The normalized spacial score (nSPS) is 9.57. The van der Waals surface area contributed by atoms with Crippen molar-refractivity contribution in [2.75, 3.05) is 32.8 Å². The van der Waals surface area contributed by atoms with E-state index in [-0.39, 0.29) is 6.61 Å². The van der Waals surface area contributed by atoms with Crippen molar-refractivity contribution in [1.82, 2.24) is 4.90 Å². The van der Waals surface area contributed by atoms with Gasteiger partial charge in [0, 0.05) is 6.54 Å². The molecule has 0 amide bonds. The molecule has 0 aliphatic rings. The minimum absolute atomic E-state index is 0.0376. The van der Waals surface area contributed by atoms with Gasteiger partial charge < -0.3 is 14.4 Å². The van der Waals surface area contributed by atoms with Crippen molar-refractivity contribution < 1.29 is 14.3 Å². The molecule has 0 radical (unpaired) electrons. The molecule has 4 nitrogen and oxygen atoms in total. The maximum Gasteiger partial charge on any atom is 0.509 e. The minimum atomic E-state index is -0.699. The van der Waals surface area contributed by atoms with Gasteiger partial charge in [0.1, 0.15) is 6.61 Å². The van der Waals surface area contributed by atoms with Crippen LogP contribution in [0.15, 0.2) is 0 Å². The molecule has 0 aromatic heterocycles. The van der Waals surface area contributed by atoms with Gasteiger partial charge in [-0.1, -0.05) is 19.8 Å². The average Bonchev–Trinajstić information content (AvgIpc) is 2.21. The quantitative estimate of drug-likeness (QED) is 0.474. The summed E-state index contributed by atoms with van der Waals surface area (Å²) in [6, 6.07) is 0. The van der Waals surface area contributed by atoms with E-state index in [1.165, 1.54) is 0 Å². The SMILES string of the molecule is C#CCOC(=O)OCCN(CC)CC. The zero-order chi connectivity index (χ0) is 10.8. The molecule has 0 saturated heterocycles. The molecule has 0 heterocycles. The highest BCUT2D eigenvalue weighted by atomic mass is 16.7. The number of hydrogen-bond donors (Lipinski definition) is 0. The van der Waals surface area contributed by atoms with Crippen LogP contribution in [0.25, 0.3) is 0 Å². The van der Waals surface area contributed by atoms with Crippen LogP contribution < -0.4 is 0 Å². The standard InChI is InChI=1S/C10H17NO3/c1-4-8-13-10(12)14-9-7-11(5-2)6-3/h1H,5-9H2,2-3H3. The smallest absolute Gasteiger partial charge is 0.433 e. The minimum Gasteiger partial charge on any atom is -0.433 e. The Morgan fingerprint density at radius 2 is 2.00 bits per heavy atom. The third-order valence-electron chi connectivity index (χ3n) is 1.80. The van der Waals surface area contributed by atoms with Gasteiger partial charge in [-0.25, -0.2) is 4.79 Å². The second-order valence-corrected chi connectivity index (χ2v) is 2.62. The first-order valence-electron chi connectivity index (χ1n) is 4.69. The van der Waals surface area contributed by atoms with Crippen molar-refractivity contribution in [3.05, 3.63) is 0 Å². The number of hydrogen-bond acceptors (Lipinski definition) is 4. The largest absolute Gasteiger partial charge is 0.509 e. The van der Waals surface area contributed by atoms with Crippen LogP contribution in [0.4, 0.5) is 4.79 Å². The molecule has 0 aliphatic carbocycles. The Bertz CT molecular complexity index is 194. The lowest BCUT2D eigenvalue weighted by atomic mass is 10.5. The molecule has 14 heavy (non-hydrogen) atoms. The van der Waals surface area contributed by atoms with Gasteiger partial charge in [-0.15, -0.1) is 6.42 Å². The molecule has 0 aromatic rings. The highest BCUT2D eigenvalue weighted by molar-refractivity contribution is 5.60. The van der Waals surface area contributed by atoms with E-state index >= 15 is 0 Å². The summed E-state index contributed by atoms with van der Waals surface area (Å²) in [7, 11) is 0. The summed E-state index contributed by atoms with van der Waals surface area (Å²) in [6.07, 6.45) is 4.21. The third kappa shape index (κ3) is 6.32. The van der Waals surface area contributed by atoms with Crippen LogP contribution >= 0.6 is 0 Å². The van der Waals surface area contributed by atoms with Gasteiger partial charge >= 0.3 is 6.16 Å². The Labute approximate surface area is 85.2 Å². The van der Waals surface area contributed by atoms with E-state index in [1.807, 2.05) is 0 Å². The fourth-order valence-electron chi connectivity index (χ4n) is 0.940. The zero-order valence-electron chi connectivity index (χ0n) is 8.78. The Morgan fingerprint density at radius 1 is 1.36 bits per heavy atom. The van der Waals surface area contributed by atoms with Crippen LogP contribution in [0.2, 0.25) is 0 Å². The number of carbonyl (C=O) groups excluding carboxylic acids is 1. The predicted octanol–water partition coefficient (Wildman–Crippen LogP) is 1.11. The van der Waals surface area contributed by atoms with E-state index in [2.05, 4.69) is 29.4 Å². The van der Waals surface area contributed by atoms with Gasteiger partial charge in [0.2, 0.25) is 0 Å². The second-order valence-electron chi connectivity index (χ2n) is 2.62. The Kier molecular flexibility index (Phi) is 7.67. The van der Waals surface area contributed by atoms with Crippen molar-refractivity contribution in [1.29, 1.82) is 0 Å². The number of terminal acetylenes is 1. The van der Waals surface area contributed by atoms with Gasteiger partial charge in [0.15, 0.2) is 6.61 Å².